The standard InChI is InChI=1S/C12H22O3/c1-13-9-5-3-7-11-15-12-8-4-6-10-14-2/h3-4,7-8H,5-6,9-12H2,1-2H3. The van der Waals surface area contributed by atoms with Gasteiger partial charge in [0.25, 0.3) is 0 Å². The molecule has 0 aliphatic heterocycles. The van der Waals surface area contributed by atoms with Crippen molar-refractivity contribution >= 4 is 0 Å². The molecule has 0 saturated carbocycles. The molecule has 0 unspecified atom stereocenters. The molecule has 0 aliphatic carbocycles. The lowest BCUT2D eigenvalue weighted by Gasteiger charge is -1.95. The van der Waals surface area contributed by atoms with Crippen LogP contribution in [-0.2, 0) is 14.2 Å². The molecule has 0 N–H and O–H groups in total. The Bertz CT molecular complexity index is 146. The lowest BCUT2D eigenvalue weighted by atomic mass is 10.4. The molecule has 0 aliphatic rings. The second-order valence-corrected chi connectivity index (χ2v) is 3.04. The second kappa shape index (κ2) is 13.4. The Morgan fingerprint density at radius 2 is 1.20 bits per heavy atom. The van der Waals surface area contributed by atoms with Gasteiger partial charge < -0.3 is 14.2 Å². The van der Waals surface area contributed by atoms with Crippen molar-refractivity contribution < 1.29 is 14.2 Å². The minimum Gasteiger partial charge on any atom is -0.384 e. The average molecular weight is 214 g/mol. The van der Waals surface area contributed by atoms with Gasteiger partial charge in [0, 0.05) is 27.4 Å². The average Bonchev–Trinajstić information content (AvgIpc) is 2.26. The quantitative estimate of drug-likeness (QED) is 0.412. The maximum Gasteiger partial charge on any atom is 0.0651 e. The Morgan fingerprint density at radius 3 is 1.60 bits per heavy atom. The van der Waals surface area contributed by atoms with Crippen LogP contribution in [-0.4, -0.2) is 40.6 Å². The van der Waals surface area contributed by atoms with Crippen molar-refractivity contribution in [2.45, 2.75) is 12.8 Å². The van der Waals surface area contributed by atoms with E-state index in [4.69, 9.17) is 14.2 Å². The highest BCUT2D eigenvalue weighted by molar-refractivity contribution is 4.84. The summed E-state index contributed by atoms with van der Waals surface area (Å²) >= 11 is 0. The zero-order valence-electron chi connectivity index (χ0n) is 9.78. The molecule has 0 aromatic carbocycles. The summed E-state index contributed by atoms with van der Waals surface area (Å²) in [5.74, 6) is 0. The number of methoxy groups -OCH3 is 2. The van der Waals surface area contributed by atoms with Gasteiger partial charge in [-0.3, -0.25) is 0 Å². The molecule has 0 aromatic heterocycles. The van der Waals surface area contributed by atoms with Crippen LogP contribution in [0.2, 0.25) is 0 Å². The zero-order chi connectivity index (χ0) is 11.2. The third kappa shape index (κ3) is 13.4. The van der Waals surface area contributed by atoms with E-state index in [-0.39, 0.29) is 0 Å². The van der Waals surface area contributed by atoms with Crippen LogP contribution in [0.1, 0.15) is 12.8 Å². The largest absolute Gasteiger partial charge is 0.384 e. The Hall–Kier alpha value is -0.640. The van der Waals surface area contributed by atoms with Gasteiger partial charge in [-0.05, 0) is 12.8 Å². The van der Waals surface area contributed by atoms with Crippen LogP contribution in [0, 0.1) is 0 Å². The molecule has 0 bridgehead atoms. The molecule has 0 saturated heterocycles. The van der Waals surface area contributed by atoms with Gasteiger partial charge in [0.15, 0.2) is 0 Å². The fraction of sp³-hybridized carbons (Fsp3) is 0.667. The Kier molecular flexibility index (Phi) is 12.8. The minimum absolute atomic E-state index is 0.665. The summed E-state index contributed by atoms with van der Waals surface area (Å²) in [6.45, 7) is 2.87. The van der Waals surface area contributed by atoms with Crippen LogP contribution >= 0.6 is 0 Å². The first-order valence-corrected chi connectivity index (χ1v) is 5.27. The topological polar surface area (TPSA) is 27.7 Å². The maximum absolute atomic E-state index is 5.34. The molecule has 0 fully saturated rings. The normalized spacial score (nSPS) is 11.9. The first-order chi connectivity index (χ1) is 7.41. The fourth-order valence-corrected chi connectivity index (χ4v) is 0.948. The molecular formula is C12H22O3. The number of ether oxygens (including phenoxy) is 3. The van der Waals surface area contributed by atoms with E-state index in [9.17, 15) is 0 Å². The first kappa shape index (κ1) is 14.4. The molecule has 0 amide bonds. The molecule has 88 valence electrons. The lowest BCUT2D eigenvalue weighted by Crippen LogP contribution is -1.91. The van der Waals surface area contributed by atoms with Crippen molar-refractivity contribution in [2.24, 2.45) is 0 Å². The van der Waals surface area contributed by atoms with Gasteiger partial charge in [-0.25, -0.2) is 0 Å². The van der Waals surface area contributed by atoms with Gasteiger partial charge in [-0.1, -0.05) is 24.3 Å². The van der Waals surface area contributed by atoms with Gasteiger partial charge >= 0.3 is 0 Å². The summed E-state index contributed by atoms with van der Waals surface area (Å²) in [5.41, 5.74) is 0. The molecule has 0 heterocycles. The van der Waals surface area contributed by atoms with E-state index in [1.807, 2.05) is 12.2 Å². The van der Waals surface area contributed by atoms with Crippen LogP contribution in [0.4, 0.5) is 0 Å². The molecule has 0 spiro atoms. The smallest absolute Gasteiger partial charge is 0.0651 e. The SMILES string of the molecule is COCCC=CCOCC=CCCOC. The molecule has 0 rings (SSSR count). The maximum atomic E-state index is 5.34. The van der Waals surface area contributed by atoms with Crippen LogP contribution < -0.4 is 0 Å². The molecule has 3 nitrogen and oxygen atoms in total. The number of hydrogen-bond donors (Lipinski definition) is 0. The van der Waals surface area contributed by atoms with Crippen molar-refractivity contribution in [3.63, 3.8) is 0 Å². The highest BCUT2D eigenvalue weighted by Crippen LogP contribution is 1.87. The van der Waals surface area contributed by atoms with Gasteiger partial charge in [0.05, 0.1) is 13.2 Å². The molecule has 0 atom stereocenters. The second-order valence-electron chi connectivity index (χ2n) is 3.04. The van der Waals surface area contributed by atoms with Crippen LogP contribution in [0.15, 0.2) is 24.3 Å². The highest BCUT2D eigenvalue weighted by Gasteiger charge is 1.81. The Morgan fingerprint density at radius 1 is 0.733 bits per heavy atom. The van der Waals surface area contributed by atoms with Crippen LogP contribution in [0.3, 0.4) is 0 Å². The van der Waals surface area contributed by atoms with Crippen molar-refractivity contribution in [3.05, 3.63) is 24.3 Å². The van der Waals surface area contributed by atoms with E-state index >= 15 is 0 Å². The van der Waals surface area contributed by atoms with Gasteiger partial charge in [-0.2, -0.15) is 0 Å². The van der Waals surface area contributed by atoms with Gasteiger partial charge in [-0.15, -0.1) is 0 Å². The summed E-state index contributed by atoms with van der Waals surface area (Å²) in [5, 5.41) is 0. The van der Waals surface area contributed by atoms with E-state index < -0.39 is 0 Å². The van der Waals surface area contributed by atoms with E-state index in [1.54, 1.807) is 14.2 Å². The van der Waals surface area contributed by atoms with E-state index in [2.05, 4.69) is 12.2 Å². The van der Waals surface area contributed by atoms with Crippen LogP contribution in [0.25, 0.3) is 0 Å². The minimum atomic E-state index is 0.665. The number of hydrogen-bond acceptors (Lipinski definition) is 3. The fourth-order valence-electron chi connectivity index (χ4n) is 0.948. The Labute approximate surface area is 92.7 Å². The zero-order valence-corrected chi connectivity index (χ0v) is 9.78. The summed E-state index contributed by atoms with van der Waals surface area (Å²) in [6.07, 6.45) is 10.1. The predicted molar refractivity (Wildman–Crippen MR) is 62.1 cm³/mol. The van der Waals surface area contributed by atoms with Crippen LogP contribution in [0.5, 0.6) is 0 Å². The van der Waals surface area contributed by atoms with E-state index in [0.29, 0.717) is 13.2 Å². The molecule has 0 radical (unpaired) electrons. The molecule has 0 aromatic rings. The van der Waals surface area contributed by atoms with Crippen molar-refractivity contribution in [3.8, 4) is 0 Å². The summed E-state index contributed by atoms with van der Waals surface area (Å²) in [7, 11) is 3.41. The summed E-state index contributed by atoms with van der Waals surface area (Å²) < 4.78 is 15.2. The monoisotopic (exact) mass is 214 g/mol. The van der Waals surface area contributed by atoms with Crippen molar-refractivity contribution in [1.82, 2.24) is 0 Å². The predicted octanol–water partition coefficient (Wildman–Crippen LogP) is 2.19. The molecule has 3 heteroatoms. The summed E-state index contributed by atoms with van der Waals surface area (Å²) in [6, 6.07) is 0. The van der Waals surface area contributed by atoms with Crippen molar-refractivity contribution in [2.75, 3.05) is 40.6 Å². The highest BCUT2D eigenvalue weighted by atomic mass is 16.5. The third-order valence-corrected chi connectivity index (χ3v) is 1.74. The Balaban J connectivity index is 3.10. The molecule has 15 heavy (non-hydrogen) atoms. The lowest BCUT2D eigenvalue weighted by molar-refractivity contribution is 0.190. The molecular weight excluding hydrogens is 192 g/mol. The first-order valence-electron chi connectivity index (χ1n) is 5.27. The number of rotatable bonds is 10. The van der Waals surface area contributed by atoms with E-state index in [0.717, 1.165) is 26.1 Å². The van der Waals surface area contributed by atoms with E-state index in [1.165, 1.54) is 0 Å². The van der Waals surface area contributed by atoms with Gasteiger partial charge in [0.1, 0.15) is 0 Å². The van der Waals surface area contributed by atoms with Gasteiger partial charge in [0.2, 0.25) is 0 Å². The third-order valence-electron chi connectivity index (χ3n) is 1.74. The summed E-state index contributed by atoms with van der Waals surface area (Å²) in [4.78, 5) is 0. The van der Waals surface area contributed by atoms with Crippen molar-refractivity contribution in [1.29, 1.82) is 0 Å².